The molecule has 11 heavy (non-hydrogen) atoms. The normalized spacial score (nSPS) is 8.73. The van der Waals surface area contributed by atoms with Crippen LogP contribution < -0.4 is 0 Å². The van der Waals surface area contributed by atoms with E-state index in [1.54, 1.807) is 6.92 Å². The molecule has 0 N–H and O–H groups in total. The van der Waals surface area contributed by atoms with Gasteiger partial charge in [0.05, 0.1) is 5.56 Å². The van der Waals surface area contributed by atoms with Gasteiger partial charge in [0.15, 0.2) is 0 Å². The van der Waals surface area contributed by atoms with Crippen molar-refractivity contribution in [2.24, 2.45) is 0 Å². The zero-order chi connectivity index (χ0) is 8.43. The summed E-state index contributed by atoms with van der Waals surface area (Å²) in [6.07, 6.45) is 0. The standard InChI is InChI=1S/C8H6N2S/c1-5-7(3-9)6(2)11-8(5)4-10/h1-2H3. The van der Waals surface area contributed by atoms with Crippen LogP contribution in [0.3, 0.4) is 0 Å². The van der Waals surface area contributed by atoms with Crippen LogP contribution in [0.4, 0.5) is 0 Å². The molecule has 54 valence electrons. The van der Waals surface area contributed by atoms with Gasteiger partial charge in [-0.05, 0) is 19.4 Å². The van der Waals surface area contributed by atoms with Gasteiger partial charge in [0.2, 0.25) is 0 Å². The van der Waals surface area contributed by atoms with Crippen LogP contribution in [-0.2, 0) is 0 Å². The Labute approximate surface area is 69.3 Å². The van der Waals surface area contributed by atoms with Crippen molar-refractivity contribution >= 4 is 11.3 Å². The average molecular weight is 162 g/mol. The number of nitrogens with zero attached hydrogens (tertiary/aromatic N) is 2. The predicted molar refractivity (Wildman–Crippen MR) is 43.2 cm³/mol. The number of aryl methyl sites for hydroxylation is 1. The van der Waals surface area contributed by atoms with Crippen LogP contribution in [0, 0.1) is 36.5 Å². The smallest absolute Gasteiger partial charge is 0.110 e. The van der Waals surface area contributed by atoms with E-state index in [-0.39, 0.29) is 0 Å². The molecule has 0 aliphatic rings. The van der Waals surface area contributed by atoms with Crippen LogP contribution in [0.15, 0.2) is 0 Å². The summed E-state index contributed by atoms with van der Waals surface area (Å²) < 4.78 is 0. The molecule has 0 unspecified atom stereocenters. The lowest BCUT2D eigenvalue weighted by molar-refractivity contribution is 1.39. The summed E-state index contributed by atoms with van der Waals surface area (Å²) in [5, 5.41) is 17.3. The lowest BCUT2D eigenvalue weighted by atomic mass is 10.1. The molecule has 0 saturated carbocycles. The van der Waals surface area contributed by atoms with Gasteiger partial charge < -0.3 is 0 Å². The molecule has 3 heteroatoms. The highest BCUT2D eigenvalue weighted by molar-refractivity contribution is 7.12. The topological polar surface area (TPSA) is 47.6 Å². The van der Waals surface area contributed by atoms with Crippen LogP contribution >= 0.6 is 11.3 Å². The highest BCUT2D eigenvalue weighted by Gasteiger charge is 2.09. The molecule has 1 aromatic rings. The first-order valence-electron chi connectivity index (χ1n) is 3.11. The van der Waals surface area contributed by atoms with Crippen molar-refractivity contribution in [2.45, 2.75) is 13.8 Å². The quantitative estimate of drug-likeness (QED) is 0.586. The van der Waals surface area contributed by atoms with Crippen molar-refractivity contribution < 1.29 is 0 Å². The van der Waals surface area contributed by atoms with E-state index in [1.165, 1.54) is 11.3 Å². The lowest BCUT2D eigenvalue weighted by Gasteiger charge is -1.84. The van der Waals surface area contributed by atoms with Crippen molar-refractivity contribution in [1.82, 2.24) is 0 Å². The molecule has 0 fully saturated rings. The Hall–Kier alpha value is -1.32. The first-order chi connectivity index (χ1) is 5.20. The highest BCUT2D eigenvalue weighted by Crippen LogP contribution is 2.25. The SMILES string of the molecule is Cc1sc(C#N)c(C)c1C#N. The maximum atomic E-state index is 8.66. The average Bonchev–Trinajstić information content (AvgIpc) is 2.26. The van der Waals surface area contributed by atoms with Gasteiger partial charge in [-0.15, -0.1) is 11.3 Å². The van der Waals surface area contributed by atoms with Crippen LogP contribution in [0.2, 0.25) is 0 Å². The van der Waals surface area contributed by atoms with E-state index >= 15 is 0 Å². The van der Waals surface area contributed by atoms with Gasteiger partial charge >= 0.3 is 0 Å². The van der Waals surface area contributed by atoms with Gasteiger partial charge in [-0.3, -0.25) is 0 Å². The van der Waals surface area contributed by atoms with Crippen molar-refractivity contribution in [3.8, 4) is 12.1 Å². The van der Waals surface area contributed by atoms with Crippen LogP contribution in [-0.4, -0.2) is 0 Å². The second-order valence-electron chi connectivity index (χ2n) is 2.21. The summed E-state index contributed by atoms with van der Waals surface area (Å²) >= 11 is 1.38. The Bertz CT molecular complexity index is 363. The van der Waals surface area contributed by atoms with Gasteiger partial charge in [-0.2, -0.15) is 10.5 Å². The Morgan fingerprint density at radius 2 is 1.82 bits per heavy atom. The fourth-order valence-corrected chi connectivity index (χ4v) is 1.84. The van der Waals surface area contributed by atoms with Crippen molar-refractivity contribution in [1.29, 1.82) is 10.5 Å². The molecule has 0 atom stereocenters. The van der Waals surface area contributed by atoms with E-state index in [0.717, 1.165) is 10.4 Å². The molecule has 1 heterocycles. The Morgan fingerprint density at radius 3 is 2.09 bits per heavy atom. The van der Waals surface area contributed by atoms with E-state index in [1.807, 2.05) is 6.92 Å². The fraction of sp³-hybridized carbons (Fsp3) is 0.250. The summed E-state index contributed by atoms with van der Waals surface area (Å²) in [5.41, 5.74) is 1.48. The Morgan fingerprint density at radius 1 is 1.18 bits per heavy atom. The molecule has 0 spiro atoms. The summed E-state index contributed by atoms with van der Waals surface area (Å²) in [6.45, 7) is 3.66. The third kappa shape index (κ3) is 1.11. The van der Waals surface area contributed by atoms with Gasteiger partial charge in [0, 0.05) is 4.88 Å². The summed E-state index contributed by atoms with van der Waals surface area (Å²) in [7, 11) is 0. The second kappa shape index (κ2) is 2.74. The van der Waals surface area contributed by atoms with Crippen LogP contribution in [0.5, 0.6) is 0 Å². The summed E-state index contributed by atoms with van der Waals surface area (Å²) in [4.78, 5) is 1.58. The van der Waals surface area contributed by atoms with Gasteiger partial charge in [-0.1, -0.05) is 0 Å². The molecule has 1 rings (SSSR count). The molecular formula is C8H6N2S. The maximum absolute atomic E-state index is 8.66. The van der Waals surface area contributed by atoms with Crippen LogP contribution in [0.25, 0.3) is 0 Å². The molecule has 0 saturated heterocycles. The monoisotopic (exact) mass is 162 g/mol. The van der Waals surface area contributed by atoms with Gasteiger partial charge in [0.1, 0.15) is 17.0 Å². The minimum absolute atomic E-state index is 0.652. The first kappa shape index (κ1) is 7.78. The third-order valence-electron chi connectivity index (χ3n) is 1.54. The molecule has 0 amide bonds. The number of nitriles is 2. The van der Waals surface area contributed by atoms with Gasteiger partial charge in [-0.25, -0.2) is 0 Å². The lowest BCUT2D eigenvalue weighted by Crippen LogP contribution is -1.77. The Balaban J connectivity index is 3.43. The third-order valence-corrected chi connectivity index (χ3v) is 2.65. The van der Waals surface area contributed by atoms with Crippen molar-refractivity contribution in [3.05, 3.63) is 20.9 Å². The molecular weight excluding hydrogens is 156 g/mol. The Kier molecular flexibility index (Phi) is 1.94. The number of thiophene rings is 1. The zero-order valence-corrected chi connectivity index (χ0v) is 7.12. The first-order valence-corrected chi connectivity index (χ1v) is 3.92. The predicted octanol–water partition coefficient (Wildman–Crippen LogP) is 2.11. The van der Waals surface area contributed by atoms with E-state index in [0.29, 0.717) is 10.4 Å². The van der Waals surface area contributed by atoms with E-state index < -0.39 is 0 Å². The maximum Gasteiger partial charge on any atom is 0.110 e. The van der Waals surface area contributed by atoms with Gasteiger partial charge in [0.25, 0.3) is 0 Å². The van der Waals surface area contributed by atoms with Crippen molar-refractivity contribution in [2.75, 3.05) is 0 Å². The van der Waals surface area contributed by atoms with Crippen molar-refractivity contribution in [3.63, 3.8) is 0 Å². The summed E-state index contributed by atoms with van der Waals surface area (Å²) in [6, 6.07) is 4.14. The molecule has 0 aliphatic heterocycles. The number of rotatable bonds is 0. The number of hydrogen-bond donors (Lipinski definition) is 0. The molecule has 0 aromatic carbocycles. The second-order valence-corrected chi connectivity index (χ2v) is 3.44. The minimum atomic E-state index is 0.652. The minimum Gasteiger partial charge on any atom is -0.192 e. The largest absolute Gasteiger partial charge is 0.192 e. The van der Waals surface area contributed by atoms with E-state index in [4.69, 9.17) is 10.5 Å². The molecule has 0 radical (unpaired) electrons. The molecule has 2 nitrogen and oxygen atoms in total. The van der Waals surface area contributed by atoms with E-state index in [2.05, 4.69) is 12.1 Å². The fourth-order valence-electron chi connectivity index (χ4n) is 0.927. The highest BCUT2D eigenvalue weighted by atomic mass is 32.1. The van der Waals surface area contributed by atoms with E-state index in [9.17, 15) is 0 Å². The molecule has 0 bridgehead atoms. The van der Waals surface area contributed by atoms with Crippen LogP contribution in [0.1, 0.15) is 20.9 Å². The number of hydrogen-bond acceptors (Lipinski definition) is 3. The molecule has 0 aliphatic carbocycles. The zero-order valence-electron chi connectivity index (χ0n) is 6.30. The summed E-state index contributed by atoms with van der Waals surface area (Å²) in [5.74, 6) is 0. The molecule has 1 aromatic heterocycles.